The van der Waals surface area contributed by atoms with Gasteiger partial charge in [-0.25, -0.2) is 0 Å². The van der Waals surface area contributed by atoms with Crippen LogP contribution in [0.2, 0.25) is 0 Å². The van der Waals surface area contributed by atoms with E-state index in [0.29, 0.717) is 26.2 Å². The molecule has 9 heteroatoms. The summed E-state index contributed by atoms with van der Waals surface area (Å²) in [5.74, 6) is 0. The fourth-order valence-corrected chi connectivity index (χ4v) is 0. The van der Waals surface area contributed by atoms with Crippen molar-refractivity contribution in [3.05, 3.63) is 19.7 Å². The zero-order valence-corrected chi connectivity index (χ0v) is 13.0. The van der Waals surface area contributed by atoms with Gasteiger partial charge in [0.25, 0.3) is 0 Å². The molecule has 0 atom stereocenters. The van der Waals surface area contributed by atoms with Crippen LogP contribution in [0.15, 0.2) is 0 Å². The van der Waals surface area contributed by atoms with E-state index in [1.54, 1.807) is 0 Å². The van der Waals surface area contributed by atoms with Crippen molar-refractivity contribution in [2.24, 2.45) is 22.9 Å². The van der Waals surface area contributed by atoms with Gasteiger partial charge in [0.05, 0.1) is 0 Å². The SMILES string of the molecule is NCCN.NCCN.[Au+3].[C-]#N.[C-]#N.[C-]#N.[Pt]. The Labute approximate surface area is 128 Å². The Balaban J connectivity index is -0.0000000129. The maximum absolute atomic E-state index is 6.25. The third-order valence-corrected chi connectivity index (χ3v) is 0.333. The van der Waals surface area contributed by atoms with Crippen LogP contribution in [0.3, 0.4) is 0 Å². The summed E-state index contributed by atoms with van der Waals surface area (Å²) < 4.78 is 0. The molecule has 0 aliphatic carbocycles. The number of nitrogens with two attached hydrogens (primary N) is 4. The van der Waals surface area contributed by atoms with Gasteiger partial charge in [0.15, 0.2) is 0 Å². The molecule has 0 aromatic rings. The molecule has 0 spiro atoms. The van der Waals surface area contributed by atoms with Crippen molar-refractivity contribution in [3.63, 3.8) is 0 Å². The third-order valence-electron chi connectivity index (χ3n) is 0.333. The van der Waals surface area contributed by atoms with E-state index in [4.69, 9.17) is 58.4 Å². The molecule has 0 aliphatic rings. The largest absolute Gasteiger partial charge is 3.00 e. The molecule has 0 aliphatic heterocycles. The summed E-state index contributed by atoms with van der Waals surface area (Å²) in [5.41, 5.74) is 19.6. The van der Waals surface area contributed by atoms with Crippen molar-refractivity contribution in [1.29, 1.82) is 15.8 Å². The quantitative estimate of drug-likeness (QED) is 0.215. The smallest absolute Gasteiger partial charge is 0.512 e. The van der Waals surface area contributed by atoms with Gasteiger partial charge in [-0.1, -0.05) is 0 Å². The summed E-state index contributed by atoms with van der Waals surface area (Å²) in [6, 6.07) is 0. The molecule has 8 N–H and O–H groups in total. The molecule has 0 saturated heterocycles. The van der Waals surface area contributed by atoms with Gasteiger partial charge >= 0.3 is 22.4 Å². The maximum Gasteiger partial charge on any atom is 3.00 e. The molecular formula is C7H16AuN7Pt. The molecular weight excluding hydrogens is 574 g/mol. The first-order valence-electron chi connectivity index (χ1n) is 3.30. The van der Waals surface area contributed by atoms with Crippen molar-refractivity contribution in [2.75, 3.05) is 26.2 Å². The van der Waals surface area contributed by atoms with E-state index in [9.17, 15) is 0 Å². The Morgan fingerprint density at radius 1 is 0.562 bits per heavy atom. The second-order valence-corrected chi connectivity index (χ2v) is 1.15. The third kappa shape index (κ3) is 738. The molecule has 0 aromatic heterocycles. The first kappa shape index (κ1) is 44.8. The van der Waals surface area contributed by atoms with Gasteiger partial charge in [-0.3, -0.25) is 0 Å². The number of rotatable bonds is 2. The van der Waals surface area contributed by atoms with Gasteiger partial charge in [0.2, 0.25) is 0 Å². The molecule has 0 saturated carbocycles. The van der Waals surface area contributed by atoms with Crippen molar-refractivity contribution in [3.8, 4) is 0 Å². The van der Waals surface area contributed by atoms with E-state index in [2.05, 4.69) is 0 Å². The second kappa shape index (κ2) is 199. The van der Waals surface area contributed by atoms with E-state index in [0.717, 1.165) is 0 Å². The molecule has 16 heavy (non-hydrogen) atoms. The summed E-state index contributed by atoms with van der Waals surface area (Å²) in [4.78, 5) is 0. The standard InChI is InChI=1S/2C2H8N2.3CN.Au.Pt/c2*3-1-2-4;3*1-2;;/h2*1-4H2;;;;;/q;;3*-1;+3;. The van der Waals surface area contributed by atoms with Crippen LogP contribution in [0.5, 0.6) is 0 Å². The molecule has 0 bridgehead atoms. The van der Waals surface area contributed by atoms with Gasteiger partial charge in [-0.15, -0.1) is 0 Å². The molecule has 0 rings (SSSR count). The molecule has 0 heterocycles. The van der Waals surface area contributed by atoms with Crippen molar-refractivity contribution >= 4 is 0 Å². The number of hydrogen-bond acceptors (Lipinski definition) is 7. The second-order valence-electron chi connectivity index (χ2n) is 1.15. The minimum absolute atomic E-state index is 0. The molecule has 0 aromatic carbocycles. The zero-order chi connectivity index (χ0) is 12.8. The first-order chi connectivity index (χ1) is 6.83. The van der Waals surface area contributed by atoms with Crippen molar-refractivity contribution in [2.45, 2.75) is 0 Å². The van der Waals surface area contributed by atoms with E-state index in [1.165, 1.54) is 0 Å². The minimum atomic E-state index is 0. The van der Waals surface area contributed by atoms with Crippen LogP contribution in [-0.4, -0.2) is 26.2 Å². The Morgan fingerprint density at radius 2 is 0.625 bits per heavy atom. The van der Waals surface area contributed by atoms with Crippen LogP contribution in [0.1, 0.15) is 0 Å². The summed E-state index contributed by atoms with van der Waals surface area (Å²) >= 11 is 0. The molecule has 0 amide bonds. The Morgan fingerprint density at radius 3 is 0.625 bits per heavy atom. The van der Waals surface area contributed by atoms with Crippen LogP contribution >= 0.6 is 0 Å². The molecule has 0 fully saturated rings. The van der Waals surface area contributed by atoms with E-state index < -0.39 is 0 Å². The number of hydrogen-bond donors (Lipinski definition) is 4. The van der Waals surface area contributed by atoms with E-state index in [-0.39, 0.29) is 43.4 Å². The molecule has 0 radical (unpaired) electrons. The van der Waals surface area contributed by atoms with Crippen LogP contribution in [0.4, 0.5) is 0 Å². The summed E-state index contributed by atoms with van der Waals surface area (Å²) in [5, 5.41) is 18.8. The van der Waals surface area contributed by atoms with E-state index in [1.807, 2.05) is 0 Å². The summed E-state index contributed by atoms with van der Waals surface area (Å²) in [7, 11) is 0. The monoisotopic (exact) mass is 590 g/mol. The van der Waals surface area contributed by atoms with Crippen LogP contribution in [0.25, 0.3) is 0 Å². The first-order valence-corrected chi connectivity index (χ1v) is 3.30. The Bertz CT molecular complexity index is 84.4. The summed E-state index contributed by atoms with van der Waals surface area (Å²) in [6.07, 6.45) is 0. The Hall–Kier alpha value is -0.261. The average molecular weight is 590 g/mol. The fourth-order valence-electron chi connectivity index (χ4n) is 0. The van der Waals surface area contributed by atoms with Gasteiger partial charge in [-0.2, -0.15) is 0 Å². The van der Waals surface area contributed by atoms with Crippen LogP contribution in [-0.2, 0) is 43.4 Å². The predicted molar refractivity (Wildman–Crippen MR) is 51.1 cm³/mol. The molecule has 7 nitrogen and oxygen atoms in total. The Kier molecular flexibility index (Phi) is 557. The fraction of sp³-hybridized carbons (Fsp3) is 0.571. The molecule has 100 valence electrons. The van der Waals surface area contributed by atoms with Gasteiger partial charge in [0, 0.05) is 47.2 Å². The van der Waals surface area contributed by atoms with Crippen LogP contribution < -0.4 is 22.9 Å². The topological polar surface area (TPSA) is 175 Å². The predicted octanol–water partition coefficient (Wildman–Crippen LogP) is -1.91. The number of nitrogens with zero attached hydrogens (tertiary/aromatic N) is 3. The summed E-state index contributed by atoms with van der Waals surface area (Å²) in [6.45, 7) is 16.6. The maximum atomic E-state index is 6.25. The van der Waals surface area contributed by atoms with Gasteiger partial charge < -0.3 is 58.4 Å². The van der Waals surface area contributed by atoms with Crippen molar-refractivity contribution in [1.82, 2.24) is 0 Å². The minimum Gasteiger partial charge on any atom is -0.512 e. The van der Waals surface area contributed by atoms with Gasteiger partial charge in [0.1, 0.15) is 0 Å². The van der Waals surface area contributed by atoms with Crippen molar-refractivity contribution < 1.29 is 43.4 Å². The van der Waals surface area contributed by atoms with E-state index >= 15 is 0 Å². The average Bonchev–Trinajstić information content (AvgIpc) is 2.36. The normalized spacial score (nSPS) is 4.12. The zero-order valence-electron chi connectivity index (χ0n) is 8.60. The van der Waals surface area contributed by atoms with Gasteiger partial charge in [-0.05, 0) is 0 Å². The molecule has 0 unspecified atom stereocenters. The van der Waals surface area contributed by atoms with Crippen LogP contribution in [0, 0.1) is 35.5 Å².